The molecule has 0 aliphatic rings. The summed E-state index contributed by atoms with van der Waals surface area (Å²) in [6.07, 6.45) is -1.64. The predicted molar refractivity (Wildman–Crippen MR) is 56.9 cm³/mol. The predicted octanol–water partition coefficient (Wildman–Crippen LogP) is 3.89. The molecule has 0 heterocycles. The molecule has 15 heavy (non-hydrogen) atoms. The molecule has 0 rings (SSSR count). The van der Waals surface area contributed by atoms with Crippen LogP contribution < -0.4 is 5.32 Å². The van der Waals surface area contributed by atoms with E-state index < -0.39 is 12.6 Å². The number of nitrogens with one attached hydrogen (secondary N) is 1. The summed E-state index contributed by atoms with van der Waals surface area (Å²) < 4.78 is 35.7. The monoisotopic (exact) mass is 225 g/mol. The van der Waals surface area contributed by atoms with Crippen LogP contribution in [0.4, 0.5) is 13.2 Å². The van der Waals surface area contributed by atoms with E-state index in [-0.39, 0.29) is 12.0 Å². The third-order valence-electron chi connectivity index (χ3n) is 3.17. The Kier molecular flexibility index (Phi) is 6.25. The van der Waals surface area contributed by atoms with Crippen molar-refractivity contribution >= 4 is 0 Å². The molecule has 0 bridgehead atoms. The average Bonchev–Trinajstić information content (AvgIpc) is 2.18. The van der Waals surface area contributed by atoms with Gasteiger partial charge in [-0.05, 0) is 32.2 Å². The summed E-state index contributed by atoms with van der Waals surface area (Å²) in [5.74, 6) is 0. The lowest BCUT2D eigenvalue weighted by molar-refractivity contribution is -0.135. The van der Waals surface area contributed by atoms with E-state index in [4.69, 9.17) is 0 Å². The van der Waals surface area contributed by atoms with Crippen LogP contribution in [0.1, 0.15) is 52.9 Å². The topological polar surface area (TPSA) is 12.0 Å². The molecule has 0 amide bonds. The highest BCUT2D eigenvalue weighted by atomic mass is 19.4. The maximum absolute atomic E-state index is 11.9. The van der Waals surface area contributed by atoms with Crippen LogP contribution in [0.25, 0.3) is 0 Å². The normalized spacial score (nSPS) is 13.2. The van der Waals surface area contributed by atoms with Crippen molar-refractivity contribution in [2.45, 2.75) is 64.6 Å². The van der Waals surface area contributed by atoms with Crippen LogP contribution in [-0.4, -0.2) is 18.3 Å². The van der Waals surface area contributed by atoms with Crippen molar-refractivity contribution in [1.82, 2.24) is 5.32 Å². The molecule has 0 aliphatic heterocycles. The number of hydrogen-bond donors (Lipinski definition) is 1. The summed E-state index contributed by atoms with van der Waals surface area (Å²) in [6, 6.07) is 0. The molecule has 0 aromatic carbocycles. The van der Waals surface area contributed by atoms with E-state index in [2.05, 4.69) is 26.1 Å². The summed E-state index contributed by atoms with van der Waals surface area (Å²) in [4.78, 5) is 0. The molecule has 0 saturated heterocycles. The molecule has 92 valence electrons. The smallest absolute Gasteiger partial charge is 0.311 e. The van der Waals surface area contributed by atoms with E-state index >= 15 is 0 Å². The number of hydrogen-bond acceptors (Lipinski definition) is 1. The van der Waals surface area contributed by atoms with Gasteiger partial charge in [-0.25, -0.2) is 0 Å². The third kappa shape index (κ3) is 6.03. The van der Waals surface area contributed by atoms with Gasteiger partial charge in [0.15, 0.2) is 0 Å². The van der Waals surface area contributed by atoms with Crippen LogP contribution in [0, 0.1) is 0 Å². The fraction of sp³-hybridized carbons (Fsp3) is 1.00. The first-order chi connectivity index (χ1) is 6.89. The molecule has 0 saturated carbocycles. The van der Waals surface area contributed by atoms with Gasteiger partial charge in [-0.2, -0.15) is 13.2 Å². The summed E-state index contributed by atoms with van der Waals surface area (Å²) in [6.45, 7) is 6.67. The van der Waals surface area contributed by atoms with E-state index in [0.717, 1.165) is 19.3 Å². The van der Waals surface area contributed by atoms with Gasteiger partial charge in [0.2, 0.25) is 0 Å². The Bertz CT molecular complexity index is 153. The molecule has 1 nitrogen and oxygen atoms in total. The van der Waals surface area contributed by atoms with Crippen LogP contribution in [-0.2, 0) is 0 Å². The van der Waals surface area contributed by atoms with Crippen molar-refractivity contribution in [3.8, 4) is 0 Å². The van der Waals surface area contributed by atoms with Crippen LogP contribution in [0.3, 0.4) is 0 Å². The summed E-state index contributed by atoms with van der Waals surface area (Å²) in [5.41, 5.74) is 0.0333. The van der Waals surface area contributed by atoms with Gasteiger partial charge in [0, 0.05) is 12.0 Å². The lowest BCUT2D eigenvalue weighted by Crippen LogP contribution is -2.44. The van der Waals surface area contributed by atoms with E-state index in [0.29, 0.717) is 6.54 Å². The van der Waals surface area contributed by atoms with Gasteiger partial charge in [0.05, 0.1) is 0 Å². The fourth-order valence-electron chi connectivity index (χ4n) is 1.77. The highest BCUT2D eigenvalue weighted by Gasteiger charge is 2.27. The fourth-order valence-corrected chi connectivity index (χ4v) is 1.77. The lowest BCUT2D eigenvalue weighted by atomic mass is 9.90. The SMILES string of the molecule is CCC(CC)(CC)NCCCC(F)(F)F. The number of halogens is 3. The van der Waals surface area contributed by atoms with Crippen LogP contribution in [0.2, 0.25) is 0 Å². The molecular weight excluding hydrogens is 203 g/mol. The zero-order valence-corrected chi connectivity index (χ0v) is 9.88. The summed E-state index contributed by atoms with van der Waals surface area (Å²) in [5, 5.41) is 3.25. The van der Waals surface area contributed by atoms with Crippen molar-refractivity contribution in [3.05, 3.63) is 0 Å². The first-order valence-electron chi connectivity index (χ1n) is 5.71. The molecule has 0 aliphatic carbocycles. The van der Waals surface area contributed by atoms with E-state index in [1.165, 1.54) is 0 Å². The Labute approximate surface area is 90.4 Å². The van der Waals surface area contributed by atoms with Crippen molar-refractivity contribution in [2.75, 3.05) is 6.54 Å². The number of alkyl halides is 3. The Balaban J connectivity index is 3.82. The minimum absolute atomic E-state index is 0.0333. The summed E-state index contributed by atoms with van der Waals surface area (Å²) in [7, 11) is 0. The van der Waals surface area contributed by atoms with Crippen LogP contribution in [0.5, 0.6) is 0 Å². The van der Waals surface area contributed by atoms with Crippen molar-refractivity contribution in [1.29, 1.82) is 0 Å². The first-order valence-corrected chi connectivity index (χ1v) is 5.71. The standard InChI is InChI=1S/C11H22F3N/c1-4-10(5-2,6-3)15-9-7-8-11(12,13)14/h15H,4-9H2,1-3H3. The maximum atomic E-state index is 11.9. The Morgan fingerprint density at radius 2 is 1.40 bits per heavy atom. The minimum atomic E-state index is -4.02. The lowest BCUT2D eigenvalue weighted by Gasteiger charge is -2.32. The zero-order chi connectivity index (χ0) is 11.9. The van der Waals surface area contributed by atoms with Gasteiger partial charge in [-0.1, -0.05) is 20.8 Å². The second-order valence-electron chi connectivity index (χ2n) is 3.99. The van der Waals surface area contributed by atoms with Gasteiger partial charge >= 0.3 is 6.18 Å². The summed E-state index contributed by atoms with van der Waals surface area (Å²) >= 11 is 0. The Hall–Kier alpha value is -0.250. The van der Waals surface area contributed by atoms with Gasteiger partial charge < -0.3 is 5.32 Å². The molecule has 0 spiro atoms. The van der Waals surface area contributed by atoms with Gasteiger partial charge in [0.1, 0.15) is 0 Å². The number of rotatable bonds is 7. The van der Waals surface area contributed by atoms with Crippen LogP contribution >= 0.6 is 0 Å². The van der Waals surface area contributed by atoms with Gasteiger partial charge in [0.25, 0.3) is 0 Å². The molecule has 0 radical (unpaired) electrons. The second kappa shape index (κ2) is 6.36. The van der Waals surface area contributed by atoms with Gasteiger partial charge in [-0.3, -0.25) is 0 Å². The quantitative estimate of drug-likeness (QED) is 0.648. The van der Waals surface area contributed by atoms with E-state index in [1.54, 1.807) is 0 Å². The Morgan fingerprint density at radius 3 is 1.73 bits per heavy atom. The molecule has 1 N–H and O–H groups in total. The van der Waals surface area contributed by atoms with Crippen molar-refractivity contribution in [2.24, 2.45) is 0 Å². The molecule has 0 atom stereocenters. The van der Waals surface area contributed by atoms with Crippen LogP contribution in [0.15, 0.2) is 0 Å². The average molecular weight is 225 g/mol. The molecular formula is C11H22F3N. The maximum Gasteiger partial charge on any atom is 0.389 e. The van der Waals surface area contributed by atoms with Crippen molar-refractivity contribution < 1.29 is 13.2 Å². The molecule has 0 aromatic rings. The van der Waals surface area contributed by atoms with E-state index in [1.807, 2.05) is 0 Å². The highest BCUT2D eigenvalue weighted by molar-refractivity contribution is 4.83. The Morgan fingerprint density at radius 1 is 0.933 bits per heavy atom. The second-order valence-corrected chi connectivity index (χ2v) is 3.99. The molecule has 0 unspecified atom stereocenters. The molecule has 0 fully saturated rings. The first kappa shape index (κ1) is 14.8. The minimum Gasteiger partial charge on any atom is -0.311 e. The zero-order valence-electron chi connectivity index (χ0n) is 9.88. The third-order valence-corrected chi connectivity index (χ3v) is 3.17. The molecule has 4 heteroatoms. The van der Waals surface area contributed by atoms with Gasteiger partial charge in [-0.15, -0.1) is 0 Å². The molecule has 0 aromatic heterocycles. The van der Waals surface area contributed by atoms with Crippen molar-refractivity contribution in [3.63, 3.8) is 0 Å². The highest BCUT2D eigenvalue weighted by Crippen LogP contribution is 2.22. The largest absolute Gasteiger partial charge is 0.389 e. The van der Waals surface area contributed by atoms with E-state index in [9.17, 15) is 13.2 Å².